The molecule has 2 atom stereocenters. The van der Waals surface area contributed by atoms with Crippen LogP contribution >= 0.6 is 27.3 Å². The molecule has 2 unspecified atom stereocenters. The van der Waals surface area contributed by atoms with Gasteiger partial charge in [0.25, 0.3) is 0 Å². The van der Waals surface area contributed by atoms with Crippen LogP contribution in [0.15, 0.2) is 15.9 Å². The van der Waals surface area contributed by atoms with Crippen molar-refractivity contribution in [2.24, 2.45) is 5.92 Å². The highest BCUT2D eigenvalue weighted by Crippen LogP contribution is 2.29. The normalized spacial score (nSPS) is 15.2. The Bertz CT molecular complexity index is 322. The summed E-state index contributed by atoms with van der Waals surface area (Å²) >= 11 is 5.42. The van der Waals surface area contributed by atoms with Gasteiger partial charge in [0.05, 0.1) is 0 Å². The average Bonchev–Trinajstić information content (AvgIpc) is 2.63. The molecule has 0 aliphatic heterocycles. The summed E-state index contributed by atoms with van der Waals surface area (Å²) in [5, 5.41) is 5.82. The molecule has 0 saturated carbocycles. The summed E-state index contributed by atoms with van der Waals surface area (Å²) < 4.78 is 1.23. The molecule has 1 rings (SSSR count). The van der Waals surface area contributed by atoms with Gasteiger partial charge in [0.15, 0.2) is 0 Å². The van der Waals surface area contributed by atoms with E-state index in [1.54, 1.807) is 0 Å². The van der Waals surface area contributed by atoms with E-state index in [4.69, 9.17) is 0 Å². The van der Waals surface area contributed by atoms with E-state index in [1.807, 2.05) is 11.3 Å². The van der Waals surface area contributed by atoms with Crippen LogP contribution in [0.3, 0.4) is 0 Å². The summed E-state index contributed by atoms with van der Waals surface area (Å²) in [7, 11) is 0. The molecule has 1 N–H and O–H groups in total. The third-order valence-corrected chi connectivity index (χ3v) is 5.04. The predicted octanol–water partition coefficient (Wildman–Crippen LogP) is 5.38. The first-order valence-corrected chi connectivity index (χ1v) is 8.17. The average molecular weight is 318 g/mol. The van der Waals surface area contributed by atoms with E-state index in [0.29, 0.717) is 12.1 Å². The van der Waals surface area contributed by atoms with E-state index in [-0.39, 0.29) is 0 Å². The van der Waals surface area contributed by atoms with Gasteiger partial charge in [-0.05, 0) is 53.6 Å². The van der Waals surface area contributed by atoms with Gasteiger partial charge in [0.1, 0.15) is 0 Å². The maximum Gasteiger partial charge on any atom is 0.0399 e. The van der Waals surface area contributed by atoms with Crippen LogP contribution in [0.25, 0.3) is 0 Å². The Hall–Kier alpha value is 0.140. The number of thiophene rings is 1. The van der Waals surface area contributed by atoms with Crippen molar-refractivity contribution < 1.29 is 0 Å². The second-order valence-electron chi connectivity index (χ2n) is 5.25. The van der Waals surface area contributed by atoms with Gasteiger partial charge in [-0.3, -0.25) is 0 Å². The van der Waals surface area contributed by atoms with Crippen LogP contribution in [0.5, 0.6) is 0 Å². The van der Waals surface area contributed by atoms with Crippen molar-refractivity contribution in [1.82, 2.24) is 5.32 Å². The molecule has 0 fully saturated rings. The van der Waals surface area contributed by atoms with Gasteiger partial charge in [-0.2, -0.15) is 0 Å². The van der Waals surface area contributed by atoms with Crippen molar-refractivity contribution in [2.45, 2.75) is 59.0 Å². The van der Waals surface area contributed by atoms with Crippen LogP contribution in [-0.4, -0.2) is 6.04 Å². The largest absolute Gasteiger partial charge is 0.307 e. The fraction of sp³-hybridized carbons (Fsp3) is 0.714. The van der Waals surface area contributed by atoms with Crippen molar-refractivity contribution in [3.63, 3.8) is 0 Å². The molecule has 0 aliphatic carbocycles. The molecule has 0 saturated heterocycles. The SMILES string of the molecule is CC(C)CCCC(C)NC(C)c1sccc1Br. The summed E-state index contributed by atoms with van der Waals surface area (Å²) in [6.07, 6.45) is 3.93. The van der Waals surface area contributed by atoms with Crippen LogP contribution in [0.1, 0.15) is 57.9 Å². The van der Waals surface area contributed by atoms with Crippen LogP contribution in [0, 0.1) is 5.92 Å². The minimum Gasteiger partial charge on any atom is -0.307 e. The second kappa shape index (κ2) is 7.55. The molecule has 1 aromatic rings. The van der Waals surface area contributed by atoms with E-state index >= 15 is 0 Å². The molecule has 3 heteroatoms. The van der Waals surface area contributed by atoms with Crippen molar-refractivity contribution in [3.05, 3.63) is 20.8 Å². The lowest BCUT2D eigenvalue weighted by atomic mass is 10.0. The van der Waals surface area contributed by atoms with Crippen molar-refractivity contribution in [3.8, 4) is 0 Å². The predicted molar refractivity (Wildman–Crippen MR) is 81.7 cm³/mol. The summed E-state index contributed by atoms with van der Waals surface area (Å²) in [4.78, 5) is 1.40. The molecule has 0 aliphatic rings. The maximum atomic E-state index is 3.68. The van der Waals surface area contributed by atoms with E-state index in [9.17, 15) is 0 Å². The van der Waals surface area contributed by atoms with Crippen molar-refractivity contribution in [1.29, 1.82) is 0 Å². The Morgan fingerprint density at radius 1 is 1.24 bits per heavy atom. The van der Waals surface area contributed by atoms with Crippen molar-refractivity contribution >= 4 is 27.3 Å². The minimum absolute atomic E-state index is 0.443. The van der Waals surface area contributed by atoms with E-state index in [0.717, 1.165) is 5.92 Å². The molecule has 98 valence electrons. The molecule has 0 bridgehead atoms. The Kier molecular flexibility index (Phi) is 6.75. The van der Waals surface area contributed by atoms with E-state index in [2.05, 4.69) is 60.4 Å². The molecule has 1 aromatic heterocycles. The first-order valence-electron chi connectivity index (χ1n) is 6.49. The molecule has 0 radical (unpaired) electrons. The van der Waals surface area contributed by atoms with Crippen LogP contribution in [0.2, 0.25) is 0 Å². The molecule has 0 amide bonds. The maximum absolute atomic E-state index is 3.68. The molecule has 0 aromatic carbocycles. The highest BCUT2D eigenvalue weighted by atomic mass is 79.9. The monoisotopic (exact) mass is 317 g/mol. The summed E-state index contributed by atoms with van der Waals surface area (Å²) in [5.74, 6) is 0.825. The van der Waals surface area contributed by atoms with Gasteiger partial charge in [0.2, 0.25) is 0 Å². The first kappa shape index (κ1) is 15.2. The standard InChI is InChI=1S/C14H24BrNS/c1-10(2)6-5-7-11(3)16-12(4)14-13(15)8-9-17-14/h8-12,16H,5-7H2,1-4H3. The molecular formula is C14H24BrNS. The van der Waals surface area contributed by atoms with Gasteiger partial charge in [-0.25, -0.2) is 0 Å². The third kappa shape index (κ3) is 5.54. The van der Waals surface area contributed by atoms with Gasteiger partial charge < -0.3 is 5.32 Å². The van der Waals surface area contributed by atoms with Crippen molar-refractivity contribution in [2.75, 3.05) is 0 Å². The summed E-state index contributed by atoms with van der Waals surface area (Å²) in [6, 6.07) is 3.16. The number of halogens is 1. The number of nitrogens with one attached hydrogen (secondary N) is 1. The Morgan fingerprint density at radius 3 is 2.47 bits per heavy atom. The Balaban J connectivity index is 2.31. The summed E-state index contributed by atoms with van der Waals surface area (Å²) in [5.41, 5.74) is 0. The topological polar surface area (TPSA) is 12.0 Å². The molecule has 1 nitrogen and oxygen atoms in total. The molecule has 17 heavy (non-hydrogen) atoms. The minimum atomic E-state index is 0.443. The van der Waals surface area contributed by atoms with E-state index in [1.165, 1.54) is 28.6 Å². The lowest BCUT2D eigenvalue weighted by Crippen LogP contribution is -2.28. The molecule has 0 spiro atoms. The van der Waals surface area contributed by atoms with Crippen LogP contribution in [-0.2, 0) is 0 Å². The summed E-state index contributed by atoms with van der Waals surface area (Å²) in [6.45, 7) is 9.13. The zero-order valence-corrected chi connectivity index (χ0v) is 13.7. The second-order valence-corrected chi connectivity index (χ2v) is 7.05. The zero-order chi connectivity index (χ0) is 12.8. The molecular weight excluding hydrogens is 294 g/mol. The smallest absolute Gasteiger partial charge is 0.0399 e. The third-order valence-electron chi connectivity index (χ3n) is 2.99. The lowest BCUT2D eigenvalue weighted by Gasteiger charge is -2.20. The van der Waals surface area contributed by atoms with Crippen LogP contribution in [0.4, 0.5) is 0 Å². The van der Waals surface area contributed by atoms with Gasteiger partial charge in [-0.1, -0.05) is 26.7 Å². The fourth-order valence-electron chi connectivity index (χ4n) is 2.03. The number of hydrogen-bond acceptors (Lipinski definition) is 2. The number of hydrogen-bond donors (Lipinski definition) is 1. The zero-order valence-electron chi connectivity index (χ0n) is 11.3. The fourth-order valence-corrected chi connectivity index (χ4v) is 3.77. The van der Waals surface area contributed by atoms with Gasteiger partial charge in [0, 0.05) is 21.4 Å². The van der Waals surface area contributed by atoms with Crippen LogP contribution < -0.4 is 5.32 Å². The number of rotatable bonds is 7. The first-order chi connectivity index (χ1) is 8.00. The van der Waals surface area contributed by atoms with Gasteiger partial charge >= 0.3 is 0 Å². The highest BCUT2D eigenvalue weighted by Gasteiger charge is 2.13. The quantitative estimate of drug-likeness (QED) is 0.712. The van der Waals surface area contributed by atoms with Gasteiger partial charge in [-0.15, -0.1) is 11.3 Å². The highest BCUT2D eigenvalue weighted by molar-refractivity contribution is 9.10. The van der Waals surface area contributed by atoms with E-state index < -0.39 is 0 Å². The lowest BCUT2D eigenvalue weighted by molar-refractivity contribution is 0.426. The Morgan fingerprint density at radius 2 is 1.94 bits per heavy atom. The molecule has 1 heterocycles. The Labute approximate surface area is 118 Å².